The Hall–Kier alpha value is -2.40. The lowest BCUT2D eigenvalue weighted by Crippen LogP contribution is -2.36. The molecule has 6 heteroatoms. The highest BCUT2D eigenvalue weighted by Gasteiger charge is 2.26. The number of fused-ring (bicyclic) bond motifs is 2. The number of halogens is 1. The van der Waals surface area contributed by atoms with Crippen LogP contribution in [0.4, 0.5) is 0 Å². The fourth-order valence-corrected chi connectivity index (χ4v) is 5.10. The van der Waals surface area contributed by atoms with Crippen molar-refractivity contribution in [2.45, 2.75) is 51.6 Å². The quantitative estimate of drug-likeness (QED) is 0.604. The Labute approximate surface area is 188 Å². The van der Waals surface area contributed by atoms with E-state index in [1.54, 1.807) is 6.07 Å². The van der Waals surface area contributed by atoms with Crippen molar-refractivity contribution >= 4 is 17.5 Å². The van der Waals surface area contributed by atoms with Crippen LogP contribution in [-0.4, -0.2) is 30.7 Å². The average Bonchev–Trinajstić information content (AvgIpc) is 3.18. The normalized spacial score (nSPS) is 18.6. The van der Waals surface area contributed by atoms with Crippen LogP contribution >= 0.6 is 11.6 Å². The highest BCUT2D eigenvalue weighted by atomic mass is 35.5. The molecule has 1 amide bonds. The minimum atomic E-state index is 0.170. The van der Waals surface area contributed by atoms with Crippen LogP contribution in [0.5, 0.6) is 17.2 Å². The van der Waals surface area contributed by atoms with E-state index in [0.717, 1.165) is 48.4 Å². The molecular formula is C25H28ClNO4. The molecule has 2 aliphatic heterocycles. The second-order valence-corrected chi connectivity index (χ2v) is 9.17. The molecule has 5 nitrogen and oxygen atoms in total. The van der Waals surface area contributed by atoms with Crippen LogP contribution in [0, 0.1) is 5.92 Å². The number of benzene rings is 2. The van der Waals surface area contributed by atoms with Crippen molar-refractivity contribution in [3.05, 3.63) is 52.0 Å². The molecule has 164 valence electrons. The molecule has 2 aromatic carbocycles. The summed E-state index contributed by atoms with van der Waals surface area (Å²) < 4.78 is 16.8. The summed E-state index contributed by atoms with van der Waals surface area (Å²) in [5, 5.41) is 0.590. The Morgan fingerprint density at radius 3 is 2.68 bits per heavy atom. The second-order valence-electron chi connectivity index (χ2n) is 8.76. The summed E-state index contributed by atoms with van der Waals surface area (Å²) >= 11 is 6.36. The van der Waals surface area contributed by atoms with E-state index in [2.05, 4.69) is 4.90 Å². The van der Waals surface area contributed by atoms with Crippen molar-refractivity contribution in [1.29, 1.82) is 0 Å². The van der Waals surface area contributed by atoms with E-state index in [9.17, 15) is 4.79 Å². The molecule has 0 atom stereocenters. The van der Waals surface area contributed by atoms with Gasteiger partial charge in [0.1, 0.15) is 12.4 Å². The smallest absolute Gasteiger partial charge is 0.254 e. The molecular weight excluding hydrogens is 414 g/mol. The van der Waals surface area contributed by atoms with Gasteiger partial charge in [-0.1, -0.05) is 30.9 Å². The van der Waals surface area contributed by atoms with E-state index in [0.29, 0.717) is 29.0 Å². The Bertz CT molecular complexity index is 970. The molecule has 3 aliphatic rings. The molecule has 2 aromatic rings. The molecule has 1 aliphatic carbocycles. The lowest BCUT2D eigenvalue weighted by Gasteiger charge is -2.29. The van der Waals surface area contributed by atoms with Crippen molar-refractivity contribution in [2.75, 3.05) is 19.9 Å². The number of carbonyl (C=O) groups is 1. The SMILES string of the molecule is O=C1c2ccc(OCc3cc4c(cc3Cl)OCO4)cc2CCCN1CC1CCCCC1. The van der Waals surface area contributed by atoms with Crippen molar-refractivity contribution in [1.82, 2.24) is 4.90 Å². The van der Waals surface area contributed by atoms with Crippen LogP contribution < -0.4 is 14.2 Å². The van der Waals surface area contributed by atoms with Gasteiger partial charge in [0.05, 0.1) is 5.02 Å². The van der Waals surface area contributed by atoms with E-state index >= 15 is 0 Å². The van der Waals surface area contributed by atoms with Gasteiger partial charge in [-0.3, -0.25) is 4.79 Å². The average molecular weight is 442 g/mol. The van der Waals surface area contributed by atoms with Crippen molar-refractivity contribution < 1.29 is 19.0 Å². The lowest BCUT2D eigenvalue weighted by atomic mass is 9.89. The molecule has 5 rings (SSSR count). The van der Waals surface area contributed by atoms with Crippen LogP contribution in [-0.2, 0) is 13.0 Å². The highest BCUT2D eigenvalue weighted by molar-refractivity contribution is 6.31. The molecule has 0 N–H and O–H groups in total. The number of aryl methyl sites for hydroxylation is 1. The maximum atomic E-state index is 13.2. The Morgan fingerprint density at radius 1 is 1.03 bits per heavy atom. The van der Waals surface area contributed by atoms with E-state index < -0.39 is 0 Å². The third-order valence-electron chi connectivity index (χ3n) is 6.61. The molecule has 1 saturated carbocycles. The summed E-state index contributed by atoms with van der Waals surface area (Å²) in [6.45, 7) is 2.29. The second kappa shape index (κ2) is 8.99. The molecule has 0 radical (unpaired) electrons. The first-order chi connectivity index (χ1) is 15.2. The summed E-state index contributed by atoms with van der Waals surface area (Å²) in [5.74, 6) is 2.93. The number of ether oxygens (including phenoxy) is 3. The van der Waals surface area contributed by atoms with Gasteiger partial charge in [0.25, 0.3) is 5.91 Å². The van der Waals surface area contributed by atoms with E-state index in [4.69, 9.17) is 25.8 Å². The van der Waals surface area contributed by atoms with Gasteiger partial charge >= 0.3 is 0 Å². The standard InChI is InChI=1S/C25H28ClNO4/c26-22-13-24-23(30-16-31-24)12-19(22)15-29-20-8-9-21-18(11-20)7-4-10-27(25(21)28)14-17-5-2-1-3-6-17/h8-9,11-13,17H,1-7,10,14-16H2. The first-order valence-electron chi connectivity index (χ1n) is 11.3. The van der Waals surface area contributed by atoms with Crippen LogP contribution in [0.3, 0.4) is 0 Å². The lowest BCUT2D eigenvalue weighted by molar-refractivity contribution is 0.0719. The molecule has 0 aromatic heterocycles. The molecule has 0 bridgehead atoms. The molecule has 0 saturated heterocycles. The predicted octanol–water partition coefficient (Wildman–Crippen LogP) is 5.62. The Kier molecular flexibility index (Phi) is 5.95. The summed E-state index contributed by atoms with van der Waals surface area (Å²) in [5.41, 5.74) is 2.74. The molecule has 2 heterocycles. The maximum Gasteiger partial charge on any atom is 0.254 e. The first-order valence-corrected chi connectivity index (χ1v) is 11.7. The van der Waals surface area contributed by atoms with Gasteiger partial charge in [0.2, 0.25) is 6.79 Å². The van der Waals surface area contributed by atoms with Gasteiger partial charge in [-0.15, -0.1) is 0 Å². The van der Waals surface area contributed by atoms with Crippen LogP contribution in [0.1, 0.15) is 60.0 Å². The van der Waals surface area contributed by atoms with Gasteiger partial charge in [0, 0.05) is 30.3 Å². The molecule has 0 unspecified atom stereocenters. The van der Waals surface area contributed by atoms with Gasteiger partial charge in [-0.2, -0.15) is 0 Å². The topological polar surface area (TPSA) is 48.0 Å². The molecule has 0 spiro atoms. The summed E-state index contributed by atoms with van der Waals surface area (Å²) in [4.78, 5) is 15.3. The monoisotopic (exact) mass is 441 g/mol. The van der Waals surface area contributed by atoms with Crippen molar-refractivity contribution in [2.24, 2.45) is 5.92 Å². The van der Waals surface area contributed by atoms with Crippen molar-refractivity contribution in [3.63, 3.8) is 0 Å². The fourth-order valence-electron chi connectivity index (χ4n) is 4.89. The number of hydrogen-bond donors (Lipinski definition) is 0. The molecule has 1 fully saturated rings. The maximum absolute atomic E-state index is 13.2. The number of carbonyl (C=O) groups excluding carboxylic acids is 1. The van der Waals surface area contributed by atoms with Crippen LogP contribution in [0.25, 0.3) is 0 Å². The zero-order chi connectivity index (χ0) is 21.2. The third-order valence-corrected chi connectivity index (χ3v) is 6.96. The Balaban J connectivity index is 1.27. The minimum Gasteiger partial charge on any atom is -0.489 e. The number of nitrogens with zero attached hydrogens (tertiary/aromatic N) is 1. The summed E-state index contributed by atoms with van der Waals surface area (Å²) in [6, 6.07) is 9.45. The predicted molar refractivity (Wildman–Crippen MR) is 119 cm³/mol. The number of rotatable bonds is 5. The largest absolute Gasteiger partial charge is 0.489 e. The zero-order valence-corrected chi connectivity index (χ0v) is 18.5. The van der Waals surface area contributed by atoms with Gasteiger partial charge in [-0.05, 0) is 61.4 Å². The summed E-state index contributed by atoms with van der Waals surface area (Å²) in [6.07, 6.45) is 8.34. The van der Waals surface area contributed by atoms with E-state index in [-0.39, 0.29) is 12.7 Å². The van der Waals surface area contributed by atoms with E-state index in [1.165, 1.54) is 32.1 Å². The van der Waals surface area contributed by atoms with E-state index in [1.807, 2.05) is 24.3 Å². The fraction of sp³-hybridized carbons (Fsp3) is 0.480. The van der Waals surface area contributed by atoms with Gasteiger partial charge in [-0.25, -0.2) is 0 Å². The van der Waals surface area contributed by atoms with Crippen LogP contribution in [0.2, 0.25) is 5.02 Å². The van der Waals surface area contributed by atoms with Gasteiger partial charge < -0.3 is 19.1 Å². The van der Waals surface area contributed by atoms with Crippen LogP contribution in [0.15, 0.2) is 30.3 Å². The van der Waals surface area contributed by atoms with Crippen molar-refractivity contribution in [3.8, 4) is 17.2 Å². The number of amides is 1. The Morgan fingerprint density at radius 2 is 1.84 bits per heavy atom. The summed E-state index contributed by atoms with van der Waals surface area (Å²) in [7, 11) is 0. The minimum absolute atomic E-state index is 0.170. The zero-order valence-electron chi connectivity index (χ0n) is 17.7. The molecule has 31 heavy (non-hydrogen) atoms. The van der Waals surface area contributed by atoms with Gasteiger partial charge in [0.15, 0.2) is 11.5 Å². The third kappa shape index (κ3) is 4.47. The first kappa shape index (κ1) is 20.5. The highest BCUT2D eigenvalue weighted by Crippen LogP contribution is 2.37. The number of hydrogen-bond acceptors (Lipinski definition) is 4.